The highest BCUT2D eigenvalue weighted by atomic mass is 19.4. The molecule has 0 aliphatic rings. The molecule has 3 aromatic rings. The highest BCUT2D eigenvalue weighted by Gasteiger charge is 2.40. The number of Topliss-reactive ketones (excluding diaryl/α,β-unsaturated/α-hetero) is 1. The van der Waals surface area contributed by atoms with Crippen LogP contribution in [0.5, 0.6) is 0 Å². The molecule has 23 heavy (non-hydrogen) atoms. The normalized spacial score (nSPS) is 13.2. The Morgan fingerprint density at radius 1 is 1.00 bits per heavy atom. The lowest BCUT2D eigenvalue weighted by molar-refractivity contribution is -0.171. The summed E-state index contributed by atoms with van der Waals surface area (Å²) in [7, 11) is 0. The summed E-state index contributed by atoms with van der Waals surface area (Å²) in [5.74, 6) is -2.18. The lowest BCUT2D eigenvalue weighted by atomic mass is 9.88. The second kappa shape index (κ2) is 5.91. The van der Waals surface area contributed by atoms with E-state index >= 15 is 0 Å². The van der Waals surface area contributed by atoms with E-state index in [2.05, 4.69) is 0 Å². The van der Waals surface area contributed by atoms with Crippen LogP contribution in [0.4, 0.5) is 13.2 Å². The minimum Gasteiger partial charge on any atom is -0.469 e. The van der Waals surface area contributed by atoms with Crippen LogP contribution in [0, 0.1) is 0 Å². The lowest BCUT2D eigenvalue weighted by Crippen LogP contribution is -2.25. The fraction of sp³-hybridized carbons (Fsp3) is 0.167. The van der Waals surface area contributed by atoms with Crippen LogP contribution >= 0.6 is 0 Å². The van der Waals surface area contributed by atoms with Gasteiger partial charge in [-0.05, 0) is 28.5 Å². The van der Waals surface area contributed by atoms with Gasteiger partial charge in [0, 0.05) is 12.3 Å². The topological polar surface area (TPSA) is 30.2 Å². The molecule has 1 atom stereocenters. The first-order valence-electron chi connectivity index (χ1n) is 7.08. The molecule has 5 heteroatoms. The third kappa shape index (κ3) is 3.13. The van der Waals surface area contributed by atoms with Gasteiger partial charge in [0.15, 0.2) is 0 Å². The summed E-state index contributed by atoms with van der Waals surface area (Å²) in [5.41, 5.74) is 0.649. The molecule has 0 bridgehead atoms. The molecule has 0 N–H and O–H groups in total. The Morgan fingerprint density at radius 2 is 1.74 bits per heavy atom. The first-order chi connectivity index (χ1) is 11.0. The van der Waals surface area contributed by atoms with Gasteiger partial charge in [0.05, 0.1) is 6.26 Å². The molecule has 0 unspecified atom stereocenters. The molecule has 0 aliphatic carbocycles. The van der Waals surface area contributed by atoms with E-state index in [1.165, 1.54) is 6.26 Å². The number of rotatable bonds is 4. The number of halogens is 3. The molecular formula is C18H13F3O2. The molecule has 0 spiro atoms. The molecule has 118 valence electrons. The molecule has 0 aliphatic heterocycles. The van der Waals surface area contributed by atoms with E-state index < -0.39 is 24.3 Å². The molecular weight excluding hydrogens is 305 g/mol. The van der Waals surface area contributed by atoms with E-state index in [0.717, 1.165) is 10.8 Å². The number of benzene rings is 2. The van der Waals surface area contributed by atoms with Gasteiger partial charge in [-0.15, -0.1) is 0 Å². The highest BCUT2D eigenvalue weighted by Crippen LogP contribution is 2.35. The molecule has 0 radical (unpaired) electrons. The average molecular weight is 318 g/mol. The minimum atomic E-state index is -4.85. The second-order valence-electron chi connectivity index (χ2n) is 5.26. The molecule has 0 saturated heterocycles. The van der Waals surface area contributed by atoms with Crippen LogP contribution in [-0.4, -0.2) is 12.0 Å². The number of carbonyl (C=O) groups excluding carboxylic acids is 1. The molecule has 1 aromatic heterocycles. The van der Waals surface area contributed by atoms with Crippen LogP contribution in [-0.2, 0) is 4.79 Å². The summed E-state index contributed by atoms with van der Waals surface area (Å²) in [4.78, 5) is 11.5. The number of ketones is 1. The number of carbonyl (C=O) groups is 1. The van der Waals surface area contributed by atoms with Gasteiger partial charge in [0.2, 0.25) is 5.78 Å². The van der Waals surface area contributed by atoms with Crippen molar-refractivity contribution in [2.24, 2.45) is 0 Å². The predicted octanol–water partition coefficient (Wildman–Crippen LogP) is 5.09. The lowest BCUT2D eigenvalue weighted by Gasteiger charge is -2.17. The largest absolute Gasteiger partial charge is 0.469 e. The maximum absolute atomic E-state index is 12.7. The molecule has 3 rings (SSSR count). The smallest absolute Gasteiger partial charge is 0.450 e. The number of alkyl halides is 3. The van der Waals surface area contributed by atoms with Gasteiger partial charge in [0.1, 0.15) is 5.76 Å². The minimum absolute atomic E-state index is 0.346. The summed E-state index contributed by atoms with van der Waals surface area (Å²) in [5, 5.41) is 1.72. The standard InChI is InChI=1S/C18H13F3O2/c19-18(20,21)17(22)11-15(16-9-4-10-23-16)14-8-3-6-12-5-1-2-7-13(12)14/h1-10,15H,11H2/t15-/m0/s1. The van der Waals surface area contributed by atoms with E-state index in [0.29, 0.717) is 11.3 Å². The fourth-order valence-electron chi connectivity index (χ4n) is 2.71. The molecule has 2 aromatic carbocycles. The van der Waals surface area contributed by atoms with E-state index in [-0.39, 0.29) is 0 Å². The SMILES string of the molecule is O=C(C[C@H](c1ccco1)c1cccc2ccccc12)C(F)(F)F. The Morgan fingerprint density at radius 3 is 2.43 bits per heavy atom. The zero-order chi connectivity index (χ0) is 16.4. The first-order valence-corrected chi connectivity index (χ1v) is 7.08. The maximum atomic E-state index is 12.7. The van der Waals surface area contributed by atoms with Gasteiger partial charge in [-0.1, -0.05) is 42.5 Å². The van der Waals surface area contributed by atoms with Crippen molar-refractivity contribution in [3.8, 4) is 0 Å². The van der Waals surface area contributed by atoms with Crippen molar-refractivity contribution in [3.63, 3.8) is 0 Å². The van der Waals surface area contributed by atoms with Crippen LogP contribution < -0.4 is 0 Å². The fourth-order valence-corrected chi connectivity index (χ4v) is 2.71. The zero-order valence-electron chi connectivity index (χ0n) is 12.0. The van der Waals surface area contributed by atoms with Crippen molar-refractivity contribution in [2.75, 3.05) is 0 Å². The van der Waals surface area contributed by atoms with Gasteiger partial charge in [-0.25, -0.2) is 0 Å². The van der Waals surface area contributed by atoms with Gasteiger partial charge < -0.3 is 4.42 Å². The average Bonchev–Trinajstić information content (AvgIpc) is 3.05. The van der Waals surface area contributed by atoms with Crippen LogP contribution in [0.25, 0.3) is 10.8 Å². The van der Waals surface area contributed by atoms with E-state index in [1.807, 2.05) is 30.3 Å². The van der Waals surface area contributed by atoms with Crippen LogP contribution in [0.1, 0.15) is 23.7 Å². The Balaban J connectivity index is 2.10. The molecule has 1 heterocycles. The van der Waals surface area contributed by atoms with Crippen molar-refractivity contribution in [3.05, 3.63) is 72.2 Å². The molecule has 0 saturated carbocycles. The van der Waals surface area contributed by atoms with Crippen molar-refractivity contribution >= 4 is 16.6 Å². The van der Waals surface area contributed by atoms with Gasteiger partial charge in [-0.2, -0.15) is 13.2 Å². The number of hydrogen-bond donors (Lipinski definition) is 0. The maximum Gasteiger partial charge on any atom is 0.450 e. The number of hydrogen-bond acceptors (Lipinski definition) is 2. The Hall–Kier alpha value is -2.56. The van der Waals surface area contributed by atoms with Crippen LogP contribution in [0.15, 0.2) is 65.3 Å². The van der Waals surface area contributed by atoms with Gasteiger partial charge in [-0.3, -0.25) is 4.79 Å². The summed E-state index contributed by atoms with van der Waals surface area (Å²) < 4.78 is 43.4. The van der Waals surface area contributed by atoms with Crippen molar-refractivity contribution in [2.45, 2.75) is 18.5 Å². The van der Waals surface area contributed by atoms with Crippen LogP contribution in [0.2, 0.25) is 0 Å². The van der Waals surface area contributed by atoms with E-state index in [1.54, 1.807) is 24.3 Å². The number of furan rings is 1. The van der Waals surface area contributed by atoms with E-state index in [9.17, 15) is 18.0 Å². The zero-order valence-corrected chi connectivity index (χ0v) is 12.0. The van der Waals surface area contributed by atoms with Crippen LogP contribution in [0.3, 0.4) is 0 Å². The van der Waals surface area contributed by atoms with Gasteiger partial charge >= 0.3 is 6.18 Å². The van der Waals surface area contributed by atoms with Crippen molar-refractivity contribution in [1.29, 1.82) is 0 Å². The third-order valence-electron chi connectivity index (χ3n) is 3.79. The molecule has 2 nitrogen and oxygen atoms in total. The summed E-state index contributed by atoms with van der Waals surface area (Å²) in [6, 6.07) is 16.0. The first kappa shape index (κ1) is 15.3. The van der Waals surface area contributed by atoms with E-state index in [4.69, 9.17) is 4.42 Å². The Bertz CT molecular complexity index is 814. The number of fused-ring (bicyclic) bond motifs is 1. The molecule has 0 amide bonds. The van der Waals surface area contributed by atoms with Crippen molar-refractivity contribution < 1.29 is 22.4 Å². The summed E-state index contributed by atoms with van der Waals surface area (Å²) >= 11 is 0. The monoisotopic (exact) mass is 318 g/mol. The molecule has 0 fully saturated rings. The Labute approximate surface area is 130 Å². The highest BCUT2D eigenvalue weighted by molar-refractivity contribution is 5.89. The Kier molecular flexibility index (Phi) is 3.94. The van der Waals surface area contributed by atoms with Crippen molar-refractivity contribution in [1.82, 2.24) is 0 Å². The predicted molar refractivity (Wildman–Crippen MR) is 80.2 cm³/mol. The summed E-state index contributed by atoms with van der Waals surface area (Å²) in [6.45, 7) is 0. The third-order valence-corrected chi connectivity index (χ3v) is 3.79. The van der Waals surface area contributed by atoms with Gasteiger partial charge in [0.25, 0.3) is 0 Å². The second-order valence-corrected chi connectivity index (χ2v) is 5.26. The summed E-state index contributed by atoms with van der Waals surface area (Å²) in [6.07, 6.45) is -4.13. The quantitative estimate of drug-likeness (QED) is 0.671.